The molecular weight excluding hydrogens is 435 g/mol. The highest BCUT2D eigenvalue weighted by atomic mass is 32.2. The van der Waals surface area contributed by atoms with Crippen LogP contribution in [0.1, 0.15) is 44.1 Å². The van der Waals surface area contributed by atoms with E-state index in [9.17, 15) is 17.6 Å². The lowest BCUT2D eigenvalue weighted by Crippen LogP contribution is -2.24. The van der Waals surface area contributed by atoms with Crippen molar-refractivity contribution in [3.8, 4) is 0 Å². The van der Waals surface area contributed by atoms with Crippen LogP contribution in [0.25, 0.3) is 0 Å². The summed E-state index contributed by atoms with van der Waals surface area (Å²) in [6.45, 7) is 0.221. The van der Waals surface area contributed by atoms with Crippen LogP contribution in [0.15, 0.2) is 59.5 Å². The maximum atomic E-state index is 13.3. The van der Waals surface area contributed by atoms with Crippen LogP contribution in [0.4, 0.5) is 4.39 Å². The van der Waals surface area contributed by atoms with Gasteiger partial charge in [0.15, 0.2) is 0 Å². The number of sulfonamides is 1. The Morgan fingerprint density at radius 3 is 2.48 bits per heavy atom. The van der Waals surface area contributed by atoms with Crippen LogP contribution in [0.5, 0.6) is 0 Å². The molecule has 8 heteroatoms. The minimum absolute atomic E-state index is 0.00982. The number of hydrogen-bond donors (Lipinski definition) is 2. The molecule has 1 aliphatic rings. The Bertz CT molecular complexity index is 1180. The van der Waals surface area contributed by atoms with Crippen molar-refractivity contribution in [3.05, 3.63) is 86.9 Å². The molecule has 4 rings (SSSR count). The lowest BCUT2D eigenvalue weighted by molar-refractivity contribution is 0.0955. The number of aryl methyl sites for hydroxylation is 2. The minimum Gasteiger partial charge on any atom is -0.347 e. The third-order valence-corrected chi connectivity index (χ3v) is 7.87. The van der Waals surface area contributed by atoms with Gasteiger partial charge in [-0.1, -0.05) is 24.3 Å². The number of carbonyl (C=O) groups excluding carboxylic acids is 1. The molecule has 31 heavy (non-hydrogen) atoms. The summed E-state index contributed by atoms with van der Waals surface area (Å²) in [7, 11) is -3.77. The van der Waals surface area contributed by atoms with Crippen molar-refractivity contribution in [1.82, 2.24) is 10.0 Å². The second kappa shape index (κ2) is 9.30. The molecule has 3 aromatic rings. The van der Waals surface area contributed by atoms with Crippen molar-refractivity contribution >= 4 is 27.3 Å². The largest absolute Gasteiger partial charge is 0.347 e. The SMILES string of the molecule is O=C(NCc1cccc(S(=O)(=O)NCc2cccc(F)c2)c1)c1cc2c(s1)CCCC2. The fourth-order valence-electron chi connectivity index (χ4n) is 3.60. The van der Waals surface area contributed by atoms with Gasteiger partial charge in [-0.3, -0.25) is 4.79 Å². The van der Waals surface area contributed by atoms with Crippen LogP contribution < -0.4 is 10.0 Å². The molecule has 0 unspecified atom stereocenters. The first-order valence-corrected chi connectivity index (χ1v) is 12.4. The Labute approximate surface area is 185 Å². The third kappa shape index (κ3) is 5.39. The molecule has 1 amide bonds. The molecule has 0 radical (unpaired) electrons. The second-order valence-corrected chi connectivity index (χ2v) is 10.5. The maximum Gasteiger partial charge on any atom is 0.261 e. The lowest BCUT2D eigenvalue weighted by atomic mass is 9.99. The number of carbonyl (C=O) groups is 1. The highest BCUT2D eigenvalue weighted by Gasteiger charge is 2.18. The number of nitrogens with one attached hydrogen (secondary N) is 2. The summed E-state index contributed by atoms with van der Waals surface area (Å²) in [5, 5.41) is 2.88. The summed E-state index contributed by atoms with van der Waals surface area (Å²) in [6, 6.07) is 14.2. The first-order valence-electron chi connectivity index (χ1n) is 10.1. The summed E-state index contributed by atoms with van der Waals surface area (Å²) in [4.78, 5) is 14.6. The Hall–Kier alpha value is -2.55. The van der Waals surface area contributed by atoms with Crippen LogP contribution in [-0.4, -0.2) is 14.3 Å². The second-order valence-electron chi connectivity index (χ2n) is 7.55. The van der Waals surface area contributed by atoms with Gasteiger partial charge in [0.2, 0.25) is 10.0 Å². The third-order valence-electron chi connectivity index (χ3n) is 5.24. The molecule has 1 heterocycles. The van der Waals surface area contributed by atoms with Crippen molar-refractivity contribution in [1.29, 1.82) is 0 Å². The molecular formula is C23H23FN2O3S2. The van der Waals surface area contributed by atoms with Crippen LogP contribution in [0.3, 0.4) is 0 Å². The maximum absolute atomic E-state index is 13.3. The lowest BCUT2D eigenvalue weighted by Gasteiger charge is -2.09. The standard InChI is InChI=1S/C23H23FN2O3S2/c24-19-8-3-5-16(11-19)15-26-31(28,29)20-9-4-6-17(12-20)14-25-23(27)22-13-18-7-1-2-10-21(18)30-22/h3-6,8-9,11-13,26H,1-2,7,10,14-15H2,(H,25,27). The van der Waals surface area contributed by atoms with Crippen molar-refractivity contribution in [2.45, 2.75) is 43.7 Å². The average molecular weight is 459 g/mol. The van der Waals surface area contributed by atoms with Gasteiger partial charge in [0.25, 0.3) is 5.91 Å². The average Bonchev–Trinajstić information content (AvgIpc) is 3.21. The highest BCUT2D eigenvalue weighted by Crippen LogP contribution is 2.29. The van der Waals surface area contributed by atoms with E-state index in [1.807, 2.05) is 6.07 Å². The molecule has 0 bridgehead atoms. The van der Waals surface area contributed by atoms with Gasteiger partial charge in [0.1, 0.15) is 5.82 Å². The zero-order valence-electron chi connectivity index (χ0n) is 16.9. The topological polar surface area (TPSA) is 75.3 Å². The smallest absolute Gasteiger partial charge is 0.261 e. The van der Waals surface area contributed by atoms with E-state index in [0.717, 1.165) is 12.8 Å². The van der Waals surface area contributed by atoms with Crippen LogP contribution in [-0.2, 0) is 36.0 Å². The number of thiophene rings is 1. The number of halogens is 1. The fraction of sp³-hybridized carbons (Fsp3) is 0.261. The van der Waals surface area contributed by atoms with Crippen molar-refractivity contribution in [2.24, 2.45) is 0 Å². The van der Waals surface area contributed by atoms with Gasteiger partial charge >= 0.3 is 0 Å². The molecule has 1 aromatic heterocycles. The molecule has 0 spiro atoms. The van der Waals surface area contributed by atoms with E-state index in [-0.39, 0.29) is 23.9 Å². The number of hydrogen-bond acceptors (Lipinski definition) is 4. The Morgan fingerprint density at radius 1 is 0.968 bits per heavy atom. The number of benzene rings is 2. The predicted molar refractivity (Wildman–Crippen MR) is 119 cm³/mol. The summed E-state index contributed by atoms with van der Waals surface area (Å²) in [5.74, 6) is -0.557. The first-order chi connectivity index (χ1) is 14.9. The van der Waals surface area contributed by atoms with Gasteiger partial charge in [-0.25, -0.2) is 17.5 Å². The monoisotopic (exact) mass is 458 g/mol. The molecule has 0 saturated heterocycles. The van der Waals surface area contributed by atoms with Crippen molar-refractivity contribution in [2.75, 3.05) is 0 Å². The summed E-state index contributed by atoms with van der Waals surface area (Å²) in [5.41, 5.74) is 2.49. The van der Waals surface area contributed by atoms with E-state index in [0.29, 0.717) is 16.0 Å². The van der Waals surface area contributed by atoms with Gasteiger partial charge in [0, 0.05) is 18.0 Å². The molecule has 0 atom stereocenters. The Kier molecular flexibility index (Phi) is 6.50. The van der Waals surface area contributed by atoms with Gasteiger partial charge in [-0.05, 0) is 72.7 Å². The van der Waals surface area contributed by atoms with Crippen molar-refractivity contribution in [3.63, 3.8) is 0 Å². The van der Waals surface area contributed by atoms with E-state index < -0.39 is 15.8 Å². The van der Waals surface area contributed by atoms with Crippen LogP contribution in [0.2, 0.25) is 0 Å². The van der Waals surface area contributed by atoms with E-state index in [4.69, 9.17) is 0 Å². The molecule has 2 aromatic carbocycles. The Balaban J connectivity index is 1.39. The number of fused-ring (bicyclic) bond motifs is 1. The van der Waals surface area contributed by atoms with Gasteiger partial charge in [0.05, 0.1) is 9.77 Å². The van der Waals surface area contributed by atoms with Crippen molar-refractivity contribution < 1.29 is 17.6 Å². The molecule has 5 nitrogen and oxygen atoms in total. The summed E-state index contributed by atoms with van der Waals surface area (Å²) in [6.07, 6.45) is 4.40. The minimum atomic E-state index is -3.77. The molecule has 2 N–H and O–H groups in total. The van der Waals surface area contributed by atoms with Gasteiger partial charge in [-0.2, -0.15) is 0 Å². The van der Waals surface area contributed by atoms with Gasteiger partial charge in [-0.15, -0.1) is 11.3 Å². The van der Waals surface area contributed by atoms with E-state index in [2.05, 4.69) is 10.0 Å². The number of rotatable bonds is 7. The highest BCUT2D eigenvalue weighted by molar-refractivity contribution is 7.89. The van der Waals surface area contributed by atoms with E-state index in [1.165, 1.54) is 53.6 Å². The molecule has 1 aliphatic carbocycles. The summed E-state index contributed by atoms with van der Waals surface area (Å²) >= 11 is 1.55. The zero-order valence-corrected chi connectivity index (χ0v) is 18.5. The van der Waals surface area contributed by atoms with E-state index in [1.54, 1.807) is 29.5 Å². The first kappa shape index (κ1) is 21.7. The summed E-state index contributed by atoms with van der Waals surface area (Å²) < 4.78 is 41.0. The molecule has 0 aliphatic heterocycles. The normalized spacial score (nSPS) is 13.6. The van der Waals surface area contributed by atoms with E-state index >= 15 is 0 Å². The molecule has 0 fully saturated rings. The quantitative estimate of drug-likeness (QED) is 0.558. The fourth-order valence-corrected chi connectivity index (χ4v) is 5.86. The number of amides is 1. The van der Waals surface area contributed by atoms with Crippen LogP contribution in [0, 0.1) is 5.82 Å². The molecule has 0 saturated carbocycles. The van der Waals surface area contributed by atoms with Gasteiger partial charge < -0.3 is 5.32 Å². The zero-order chi connectivity index (χ0) is 21.8. The molecule has 162 valence electrons. The predicted octanol–water partition coefficient (Wildman–Crippen LogP) is 4.17. The van der Waals surface area contributed by atoms with Crippen LogP contribution >= 0.6 is 11.3 Å². The Morgan fingerprint density at radius 2 is 1.71 bits per heavy atom.